The Hall–Kier alpha value is -2.84. The highest BCUT2D eigenvalue weighted by Crippen LogP contribution is 2.20. The average molecular weight is 392 g/mol. The first kappa shape index (κ1) is 21.5. The van der Waals surface area contributed by atoms with Gasteiger partial charge in [0.25, 0.3) is 11.5 Å². The number of hydrogen-bond acceptors (Lipinski definition) is 6. The highest BCUT2D eigenvalue weighted by atomic mass is 16.5. The number of allylic oxidation sites excluding steroid dienone is 2. The lowest BCUT2D eigenvalue weighted by molar-refractivity contribution is -0.152. The molecule has 0 radical (unpaired) electrons. The van der Waals surface area contributed by atoms with Crippen molar-refractivity contribution < 1.29 is 14.3 Å². The molecule has 1 aliphatic carbocycles. The lowest BCUT2D eigenvalue weighted by atomic mass is 9.95. The van der Waals surface area contributed by atoms with Crippen molar-refractivity contribution >= 4 is 23.4 Å². The predicted molar refractivity (Wildman–Crippen MR) is 106 cm³/mol. The quantitative estimate of drug-likeness (QED) is 0.505. The highest BCUT2D eigenvalue weighted by molar-refractivity contribution is 5.97. The molecule has 9 nitrogen and oxygen atoms in total. The van der Waals surface area contributed by atoms with E-state index in [4.69, 9.17) is 10.5 Å². The van der Waals surface area contributed by atoms with Gasteiger partial charge in [0.05, 0.1) is 5.92 Å². The van der Waals surface area contributed by atoms with Crippen molar-refractivity contribution in [2.45, 2.75) is 52.5 Å². The van der Waals surface area contributed by atoms with Gasteiger partial charge in [-0.15, -0.1) is 0 Å². The molecule has 0 saturated carbocycles. The molecule has 0 spiro atoms. The van der Waals surface area contributed by atoms with Gasteiger partial charge in [0.2, 0.25) is 0 Å². The number of rotatable bonds is 8. The molecule has 0 aliphatic heterocycles. The van der Waals surface area contributed by atoms with E-state index < -0.39 is 29.7 Å². The number of aromatic nitrogens is 2. The molecule has 1 heterocycles. The van der Waals surface area contributed by atoms with Crippen LogP contribution in [0.1, 0.15) is 46.0 Å². The maximum absolute atomic E-state index is 12.6. The zero-order chi connectivity index (χ0) is 20.7. The Bertz CT molecular complexity index is 855. The SMILES string of the molecule is CCCCn1c(N)c(N(CC)C(=O)COC(=O)[C@H]2CC=CCC2)c(=O)[nH]c1=O. The maximum Gasteiger partial charge on any atom is 0.330 e. The van der Waals surface area contributed by atoms with Crippen LogP contribution in [-0.4, -0.2) is 34.6 Å². The van der Waals surface area contributed by atoms with E-state index in [1.54, 1.807) is 6.92 Å². The Balaban J connectivity index is 2.18. The van der Waals surface area contributed by atoms with Crippen molar-refractivity contribution in [2.75, 3.05) is 23.8 Å². The molecule has 0 saturated heterocycles. The molecule has 0 fully saturated rings. The van der Waals surface area contributed by atoms with Gasteiger partial charge in [0.1, 0.15) is 5.82 Å². The van der Waals surface area contributed by atoms with Crippen LogP contribution in [0.2, 0.25) is 0 Å². The van der Waals surface area contributed by atoms with Gasteiger partial charge < -0.3 is 15.4 Å². The maximum atomic E-state index is 12.6. The first-order valence-corrected chi connectivity index (χ1v) is 9.65. The normalized spacial score (nSPS) is 16.0. The number of nitrogens with two attached hydrogens (primary N) is 1. The first-order valence-electron chi connectivity index (χ1n) is 9.65. The number of unbranched alkanes of at least 4 members (excludes halogenated alkanes) is 1. The summed E-state index contributed by atoms with van der Waals surface area (Å²) in [7, 11) is 0. The van der Waals surface area contributed by atoms with Crippen molar-refractivity contribution in [3.8, 4) is 0 Å². The standard InChI is InChI=1S/C19H28N4O5/c1-3-5-11-23-16(20)15(17(25)21-19(23)27)22(4-2)14(24)12-28-18(26)13-9-7-6-8-10-13/h6-7,13H,3-5,8-12,20H2,1-2H3,(H,21,25,27)/t13-/m0/s1. The van der Waals surface area contributed by atoms with E-state index in [1.165, 1.54) is 4.57 Å². The molecule has 1 aromatic rings. The third-order valence-electron chi connectivity index (χ3n) is 4.78. The molecule has 28 heavy (non-hydrogen) atoms. The van der Waals surface area contributed by atoms with Crippen LogP contribution in [0.15, 0.2) is 21.7 Å². The van der Waals surface area contributed by atoms with Crippen molar-refractivity contribution in [2.24, 2.45) is 5.92 Å². The third kappa shape index (κ3) is 4.90. The van der Waals surface area contributed by atoms with Gasteiger partial charge >= 0.3 is 11.7 Å². The number of likely N-dealkylation sites (N-methyl/N-ethyl adjacent to an activating group) is 1. The number of carbonyl (C=O) groups is 2. The molecule has 1 amide bonds. The minimum Gasteiger partial charge on any atom is -0.455 e. The second-order valence-electron chi connectivity index (χ2n) is 6.73. The van der Waals surface area contributed by atoms with Crippen LogP contribution in [0.3, 0.4) is 0 Å². The minimum atomic E-state index is -0.741. The van der Waals surface area contributed by atoms with Crippen molar-refractivity contribution in [1.82, 2.24) is 9.55 Å². The van der Waals surface area contributed by atoms with E-state index in [0.29, 0.717) is 25.8 Å². The van der Waals surface area contributed by atoms with Gasteiger partial charge in [-0.25, -0.2) is 4.79 Å². The number of nitrogen functional groups attached to an aromatic ring is 1. The zero-order valence-electron chi connectivity index (χ0n) is 16.4. The van der Waals surface area contributed by atoms with Gasteiger partial charge in [-0.05, 0) is 32.6 Å². The molecule has 3 N–H and O–H groups in total. The van der Waals surface area contributed by atoms with E-state index in [1.807, 2.05) is 19.1 Å². The van der Waals surface area contributed by atoms with Crippen LogP contribution in [0.5, 0.6) is 0 Å². The van der Waals surface area contributed by atoms with Crippen LogP contribution >= 0.6 is 0 Å². The van der Waals surface area contributed by atoms with Crippen LogP contribution in [0.25, 0.3) is 0 Å². The number of aromatic amines is 1. The summed E-state index contributed by atoms with van der Waals surface area (Å²) in [6.45, 7) is 3.63. The lowest BCUT2D eigenvalue weighted by Crippen LogP contribution is -2.42. The molecule has 154 valence electrons. The highest BCUT2D eigenvalue weighted by Gasteiger charge is 2.26. The summed E-state index contributed by atoms with van der Waals surface area (Å²) in [5.74, 6) is -1.32. The summed E-state index contributed by atoms with van der Waals surface area (Å²) in [6.07, 6.45) is 7.56. The third-order valence-corrected chi connectivity index (χ3v) is 4.78. The number of ether oxygens (including phenoxy) is 1. The summed E-state index contributed by atoms with van der Waals surface area (Å²) >= 11 is 0. The number of nitrogens with one attached hydrogen (secondary N) is 1. The fourth-order valence-corrected chi connectivity index (χ4v) is 3.17. The van der Waals surface area contributed by atoms with Crippen LogP contribution in [-0.2, 0) is 20.9 Å². The number of H-pyrrole nitrogens is 1. The zero-order valence-corrected chi connectivity index (χ0v) is 16.4. The molecule has 2 rings (SSSR count). The van der Waals surface area contributed by atoms with Gasteiger partial charge in [-0.2, -0.15) is 0 Å². The Labute approximate surface area is 163 Å². The fourth-order valence-electron chi connectivity index (χ4n) is 3.17. The molecule has 0 unspecified atom stereocenters. The average Bonchev–Trinajstić information content (AvgIpc) is 2.69. The van der Waals surface area contributed by atoms with Crippen LogP contribution in [0.4, 0.5) is 11.5 Å². The smallest absolute Gasteiger partial charge is 0.330 e. The summed E-state index contributed by atoms with van der Waals surface area (Å²) in [6, 6.07) is 0. The van der Waals surface area contributed by atoms with Gasteiger partial charge in [-0.3, -0.25) is 23.9 Å². The number of anilines is 2. The largest absolute Gasteiger partial charge is 0.455 e. The summed E-state index contributed by atoms with van der Waals surface area (Å²) in [4.78, 5) is 52.5. The van der Waals surface area contributed by atoms with Crippen molar-refractivity contribution in [3.63, 3.8) is 0 Å². The Kier molecular flexibility index (Phi) is 7.60. The molecular weight excluding hydrogens is 364 g/mol. The molecular formula is C19H28N4O5. The van der Waals surface area contributed by atoms with Gasteiger partial charge in [-0.1, -0.05) is 25.5 Å². The topological polar surface area (TPSA) is 127 Å². The first-order chi connectivity index (χ1) is 13.4. The molecule has 0 bridgehead atoms. The van der Waals surface area contributed by atoms with E-state index in [2.05, 4.69) is 4.98 Å². The summed E-state index contributed by atoms with van der Waals surface area (Å²) in [5, 5.41) is 0. The Morgan fingerprint density at radius 2 is 2.07 bits per heavy atom. The number of hydrogen-bond donors (Lipinski definition) is 2. The molecule has 9 heteroatoms. The van der Waals surface area contributed by atoms with E-state index in [9.17, 15) is 19.2 Å². The predicted octanol–water partition coefficient (Wildman–Crippen LogP) is 1.17. The van der Waals surface area contributed by atoms with E-state index in [-0.39, 0.29) is 24.0 Å². The molecule has 1 aromatic heterocycles. The molecule has 1 aliphatic rings. The Morgan fingerprint density at radius 3 is 2.68 bits per heavy atom. The molecule has 0 aromatic carbocycles. The van der Waals surface area contributed by atoms with E-state index >= 15 is 0 Å². The number of nitrogens with zero attached hydrogens (tertiary/aromatic N) is 2. The van der Waals surface area contributed by atoms with Crippen molar-refractivity contribution in [3.05, 3.63) is 33.0 Å². The monoisotopic (exact) mass is 392 g/mol. The minimum absolute atomic E-state index is 0.0684. The number of esters is 1. The van der Waals surface area contributed by atoms with Gasteiger partial charge in [0, 0.05) is 13.1 Å². The number of carbonyl (C=O) groups excluding carboxylic acids is 2. The second-order valence-corrected chi connectivity index (χ2v) is 6.73. The van der Waals surface area contributed by atoms with E-state index in [0.717, 1.165) is 17.7 Å². The molecule has 1 atom stereocenters. The van der Waals surface area contributed by atoms with Crippen LogP contribution in [0, 0.1) is 5.92 Å². The van der Waals surface area contributed by atoms with Crippen LogP contribution < -0.4 is 21.9 Å². The van der Waals surface area contributed by atoms with Crippen molar-refractivity contribution in [1.29, 1.82) is 0 Å². The van der Waals surface area contributed by atoms with Gasteiger partial charge in [0.15, 0.2) is 12.3 Å². The fraction of sp³-hybridized carbons (Fsp3) is 0.579. The summed E-state index contributed by atoms with van der Waals surface area (Å²) in [5.41, 5.74) is 4.60. The second kappa shape index (κ2) is 9.91. The number of amides is 1. The summed E-state index contributed by atoms with van der Waals surface area (Å²) < 4.78 is 6.41. The Morgan fingerprint density at radius 1 is 1.32 bits per heavy atom. The lowest BCUT2D eigenvalue weighted by Gasteiger charge is -2.23.